The Labute approximate surface area is 117 Å². The average Bonchev–Trinajstić information content (AvgIpc) is 2.38. The van der Waals surface area contributed by atoms with E-state index in [1.54, 1.807) is 18.2 Å². The van der Waals surface area contributed by atoms with E-state index in [0.717, 1.165) is 5.69 Å². The van der Waals surface area contributed by atoms with Crippen LogP contribution in [0.15, 0.2) is 18.2 Å². The fourth-order valence-corrected chi connectivity index (χ4v) is 3.42. The molecule has 0 amide bonds. The first kappa shape index (κ1) is 14.6. The molecule has 0 atom stereocenters. The summed E-state index contributed by atoms with van der Waals surface area (Å²) in [6.45, 7) is 0.855. The van der Waals surface area contributed by atoms with E-state index in [9.17, 15) is 13.2 Å². The molecule has 1 aliphatic heterocycles. The summed E-state index contributed by atoms with van der Waals surface area (Å²) in [5.41, 5.74) is 1.46. The zero-order valence-corrected chi connectivity index (χ0v) is 12.0. The van der Waals surface area contributed by atoms with Crippen LogP contribution in [0.4, 0.5) is 5.69 Å². The molecule has 0 spiro atoms. The SMILES string of the molecule is COc1cc(CC(=O)O)ccc1N1CCS(=O)(=O)CC1. The van der Waals surface area contributed by atoms with Gasteiger partial charge in [-0.15, -0.1) is 0 Å². The third kappa shape index (κ3) is 3.41. The minimum Gasteiger partial charge on any atom is -0.495 e. The van der Waals surface area contributed by atoms with E-state index in [0.29, 0.717) is 24.4 Å². The van der Waals surface area contributed by atoms with E-state index in [-0.39, 0.29) is 17.9 Å². The van der Waals surface area contributed by atoms with Crippen molar-refractivity contribution in [3.05, 3.63) is 23.8 Å². The Kier molecular flexibility index (Phi) is 4.17. The number of carbonyl (C=O) groups is 1. The molecule has 1 aromatic carbocycles. The quantitative estimate of drug-likeness (QED) is 0.874. The Morgan fingerprint density at radius 2 is 2.00 bits per heavy atom. The number of ether oxygens (including phenoxy) is 1. The minimum atomic E-state index is -2.93. The highest BCUT2D eigenvalue weighted by atomic mass is 32.2. The monoisotopic (exact) mass is 299 g/mol. The number of hydrogen-bond donors (Lipinski definition) is 1. The van der Waals surface area contributed by atoms with Gasteiger partial charge < -0.3 is 14.7 Å². The molecule has 0 unspecified atom stereocenters. The van der Waals surface area contributed by atoms with Crippen molar-refractivity contribution in [2.45, 2.75) is 6.42 Å². The van der Waals surface area contributed by atoms with E-state index in [1.165, 1.54) is 7.11 Å². The number of carboxylic acids is 1. The Bertz CT molecular complexity index is 597. The van der Waals surface area contributed by atoms with Crippen LogP contribution in [0, 0.1) is 0 Å². The molecular formula is C13H17NO5S. The van der Waals surface area contributed by atoms with E-state index in [2.05, 4.69) is 0 Å². The van der Waals surface area contributed by atoms with Gasteiger partial charge in [0.15, 0.2) is 9.84 Å². The van der Waals surface area contributed by atoms with Gasteiger partial charge in [-0.3, -0.25) is 4.79 Å². The Balaban J connectivity index is 2.22. The molecule has 1 saturated heterocycles. The predicted octanol–water partition coefficient (Wildman–Crippen LogP) is 0.557. The van der Waals surface area contributed by atoms with Gasteiger partial charge in [-0.2, -0.15) is 0 Å². The Morgan fingerprint density at radius 3 is 2.55 bits per heavy atom. The molecule has 20 heavy (non-hydrogen) atoms. The maximum atomic E-state index is 11.4. The van der Waals surface area contributed by atoms with Crippen LogP contribution >= 0.6 is 0 Å². The van der Waals surface area contributed by atoms with Crippen molar-refractivity contribution in [3.8, 4) is 5.75 Å². The third-order valence-electron chi connectivity index (χ3n) is 3.28. The average molecular weight is 299 g/mol. The number of anilines is 1. The lowest BCUT2D eigenvalue weighted by Gasteiger charge is -2.30. The van der Waals surface area contributed by atoms with E-state index in [4.69, 9.17) is 9.84 Å². The fraction of sp³-hybridized carbons (Fsp3) is 0.462. The molecule has 0 aliphatic carbocycles. The molecule has 1 N–H and O–H groups in total. The summed E-state index contributed by atoms with van der Waals surface area (Å²) in [7, 11) is -1.41. The van der Waals surface area contributed by atoms with Gasteiger partial charge in [0.05, 0.1) is 30.7 Å². The van der Waals surface area contributed by atoms with Crippen LogP contribution in [0.5, 0.6) is 5.75 Å². The number of aliphatic carboxylic acids is 1. The number of methoxy groups -OCH3 is 1. The van der Waals surface area contributed by atoms with E-state index < -0.39 is 15.8 Å². The highest BCUT2D eigenvalue weighted by Crippen LogP contribution is 2.30. The first-order chi connectivity index (χ1) is 9.41. The fourth-order valence-electron chi connectivity index (χ4n) is 2.22. The van der Waals surface area contributed by atoms with Gasteiger partial charge in [-0.05, 0) is 17.7 Å². The second-order valence-corrected chi connectivity index (χ2v) is 7.02. The lowest BCUT2D eigenvalue weighted by atomic mass is 10.1. The van der Waals surface area contributed by atoms with Crippen molar-refractivity contribution in [3.63, 3.8) is 0 Å². The van der Waals surface area contributed by atoms with Gasteiger partial charge in [-0.1, -0.05) is 6.07 Å². The third-order valence-corrected chi connectivity index (χ3v) is 4.89. The van der Waals surface area contributed by atoms with Crippen molar-refractivity contribution < 1.29 is 23.1 Å². The standard InChI is InChI=1S/C13H17NO5S/c1-19-12-8-10(9-13(15)16)2-3-11(12)14-4-6-20(17,18)7-5-14/h2-3,8H,4-7,9H2,1H3,(H,15,16). The smallest absolute Gasteiger partial charge is 0.307 e. The van der Waals surface area contributed by atoms with E-state index in [1.807, 2.05) is 4.90 Å². The molecule has 7 heteroatoms. The highest BCUT2D eigenvalue weighted by molar-refractivity contribution is 7.91. The molecule has 0 saturated carbocycles. The lowest BCUT2D eigenvalue weighted by Crippen LogP contribution is -2.40. The van der Waals surface area contributed by atoms with E-state index >= 15 is 0 Å². The normalized spacial score (nSPS) is 17.8. The van der Waals surface area contributed by atoms with Crippen LogP contribution in [0.2, 0.25) is 0 Å². The number of nitrogens with zero attached hydrogens (tertiary/aromatic N) is 1. The van der Waals surface area contributed by atoms with Crippen LogP contribution in [-0.4, -0.2) is 51.2 Å². The first-order valence-electron chi connectivity index (χ1n) is 6.25. The largest absolute Gasteiger partial charge is 0.495 e. The summed E-state index contributed by atoms with van der Waals surface area (Å²) in [5.74, 6) is -0.0630. The summed E-state index contributed by atoms with van der Waals surface area (Å²) in [6, 6.07) is 5.21. The lowest BCUT2D eigenvalue weighted by molar-refractivity contribution is -0.136. The van der Waals surface area contributed by atoms with Gasteiger partial charge in [-0.25, -0.2) is 8.42 Å². The summed E-state index contributed by atoms with van der Waals surface area (Å²) in [5, 5.41) is 8.79. The van der Waals surface area contributed by atoms with Crippen LogP contribution in [0.1, 0.15) is 5.56 Å². The molecule has 1 heterocycles. The molecule has 1 aromatic rings. The molecule has 0 bridgehead atoms. The van der Waals surface area contributed by atoms with Crippen LogP contribution in [-0.2, 0) is 21.1 Å². The molecule has 2 rings (SSSR count). The topological polar surface area (TPSA) is 83.9 Å². The summed E-state index contributed by atoms with van der Waals surface area (Å²) in [6.07, 6.45) is -0.0645. The van der Waals surface area contributed by atoms with Crippen LogP contribution < -0.4 is 9.64 Å². The van der Waals surface area contributed by atoms with Crippen LogP contribution in [0.25, 0.3) is 0 Å². The van der Waals surface area contributed by atoms with Crippen molar-refractivity contribution in [2.24, 2.45) is 0 Å². The summed E-state index contributed by atoms with van der Waals surface area (Å²) >= 11 is 0. The number of benzene rings is 1. The van der Waals surface area contributed by atoms with Crippen molar-refractivity contribution in [2.75, 3.05) is 36.6 Å². The number of carboxylic acid groups (broad SMARTS) is 1. The van der Waals surface area contributed by atoms with Crippen LogP contribution in [0.3, 0.4) is 0 Å². The molecule has 0 radical (unpaired) electrons. The van der Waals surface area contributed by atoms with Gasteiger partial charge in [0.2, 0.25) is 0 Å². The second kappa shape index (κ2) is 5.70. The zero-order valence-electron chi connectivity index (χ0n) is 11.2. The molecule has 1 fully saturated rings. The maximum absolute atomic E-state index is 11.4. The molecule has 110 valence electrons. The Hall–Kier alpha value is -1.76. The number of hydrogen-bond acceptors (Lipinski definition) is 5. The Morgan fingerprint density at radius 1 is 1.35 bits per heavy atom. The van der Waals surface area contributed by atoms with Gasteiger partial charge in [0.25, 0.3) is 0 Å². The zero-order chi connectivity index (χ0) is 14.8. The predicted molar refractivity (Wildman–Crippen MR) is 75.2 cm³/mol. The molecule has 0 aromatic heterocycles. The van der Waals surface area contributed by atoms with Gasteiger partial charge in [0, 0.05) is 13.1 Å². The minimum absolute atomic E-state index is 0.0645. The van der Waals surface area contributed by atoms with Crippen molar-refractivity contribution in [1.82, 2.24) is 0 Å². The van der Waals surface area contributed by atoms with Crippen molar-refractivity contribution in [1.29, 1.82) is 0 Å². The second-order valence-electron chi connectivity index (χ2n) is 4.72. The number of sulfone groups is 1. The molecule has 1 aliphatic rings. The molecular weight excluding hydrogens is 282 g/mol. The van der Waals surface area contributed by atoms with Crippen molar-refractivity contribution >= 4 is 21.5 Å². The number of rotatable bonds is 4. The molecule has 6 nitrogen and oxygen atoms in total. The summed E-state index contributed by atoms with van der Waals surface area (Å²) in [4.78, 5) is 12.7. The van der Waals surface area contributed by atoms with Gasteiger partial charge in [0.1, 0.15) is 5.75 Å². The van der Waals surface area contributed by atoms with Gasteiger partial charge >= 0.3 is 5.97 Å². The summed E-state index contributed by atoms with van der Waals surface area (Å²) < 4.78 is 28.2. The highest BCUT2D eigenvalue weighted by Gasteiger charge is 2.23. The first-order valence-corrected chi connectivity index (χ1v) is 8.07. The maximum Gasteiger partial charge on any atom is 0.307 e.